The van der Waals surface area contributed by atoms with E-state index in [1.807, 2.05) is 30.3 Å². The number of carbonyl (C=O) groups is 2. The first-order valence-electron chi connectivity index (χ1n) is 10.1. The lowest BCUT2D eigenvalue weighted by Crippen LogP contribution is -2.19. The van der Waals surface area contributed by atoms with Crippen molar-refractivity contribution in [3.05, 3.63) is 68.2 Å². The van der Waals surface area contributed by atoms with E-state index in [2.05, 4.69) is 28.2 Å². The van der Waals surface area contributed by atoms with E-state index in [0.29, 0.717) is 28.0 Å². The summed E-state index contributed by atoms with van der Waals surface area (Å²) in [5, 5.41) is 12.7. The van der Waals surface area contributed by atoms with Gasteiger partial charge in [-0.15, -0.1) is 11.3 Å². The molecular formula is C24H20BrN3O3S. The number of nitriles is 1. The lowest BCUT2D eigenvalue weighted by atomic mass is 9.88. The molecule has 0 bridgehead atoms. The highest BCUT2D eigenvalue weighted by atomic mass is 79.9. The van der Waals surface area contributed by atoms with Crippen molar-refractivity contribution < 1.29 is 14.0 Å². The summed E-state index contributed by atoms with van der Waals surface area (Å²) in [6, 6.07) is 13.0. The molecule has 8 heteroatoms. The summed E-state index contributed by atoms with van der Waals surface area (Å²) in [7, 11) is 0. The molecule has 1 aliphatic carbocycles. The number of rotatable bonds is 5. The minimum atomic E-state index is -0.608. The third-order valence-electron chi connectivity index (χ3n) is 5.39. The Balaban J connectivity index is 1.58. The Hall–Kier alpha value is -3.15. The molecule has 0 saturated carbocycles. The number of benzene rings is 1. The third-order valence-corrected chi connectivity index (χ3v) is 7.09. The van der Waals surface area contributed by atoms with Crippen molar-refractivity contribution in [2.45, 2.75) is 26.2 Å². The van der Waals surface area contributed by atoms with Gasteiger partial charge in [-0.1, -0.05) is 35.0 Å². The van der Waals surface area contributed by atoms with Crippen LogP contribution in [0.25, 0.3) is 17.4 Å². The average molecular weight is 510 g/mol. The van der Waals surface area contributed by atoms with E-state index in [9.17, 15) is 14.9 Å². The molecule has 2 aromatic heterocycles. The molecule has 1 aliphatic rings. The first-order chi connectivity index (χ1) is 15.4. The molecule has 162 valence electrons. The number of anilines is 1. The van der Waals surface area contributed by atoms with Crippen LogP contribution in [0, 0.1) is 17.2 Å². The molecule has 0 spiro atoms. The van der Waals surface area contributed by atoms with Crippen LogP contribution in [0.3, 0.4) is 0 Å². The van der Waals surface area contributed by atoms with Gasteiger partial charge in [0.05, 0.1) is 5.56 Å². The lowest BCUT2D eigenvalue weighted by molar-refractivity contribution is -0.112. The number of nitrogens with one attached hydrogen (secondary N) is 1. The highest BCUT2D eigenvalue weighted by Gasteiger charge is 2.27. The zero-order valence-corrected chi connectivity index (χ0v) is 19.7. The predicted molar refractivity (Wildman–Crippen MR) is 128 cm³/mol. The van der Waals surface area contributed by atoms with Gasteiger partial charge in [0.25, 0.3) is 11.8 Å². The van der Waals surface area contributed by atoms with E-state index >= 15 is 0 Å². The van der Waals surface area contributed by atoms with Crippen LogP contribution in [0.15, 0.2) is 50.9 Å². The zero-order valence-electron chi connectivity index (χ0n) is 17.3. The molecule has 2 heterocycles. The van der Waals surface area contributed by atoms with Gasteiger partial charge in [-0.25, -0.2) is 0 Å². The minimum Gasteiger partial charge on any atom is -0.457 e. The number of amides is 2. The maximum Gasteiger partial charge on any atom is 0.267 e. The maximum atomic E-state index is 12.8. The molecule has 1 aromatic carbocycles. The smallest absolute Gasteiger partial charge is 0.267 e. The van der Waals surface area contributed by atoms with Crippen LogP contribution in [0.4, 0.5) is 5.00 Å². The van der Waals surface area contributed by atoms with Gasteiger partial charge < -0.3 is 15.5 Å². The lowest BCUT2D eigenvalue weighted by Gasteiger charge is -2.18. The molecule has 3 N–H and O–H groups in total. The molecule has 0 fully saturated rings. The molecule has 2 amide bonds. The number of nitrogens with zero attached hydrogens (tertiary/aromatic N) is 1. The van der Waals surface area contributed by atoms with Crippen LogP contribution in [0.5, 0.6) is 0 Å². The van der Waals surface area contributed by atoms with Crippen LogP contribution in [-0.2, 0) is 17.6 Å². The van der Waals surface area contributed by atoms with Gasteiger partial charge in [-0.05, 0) is 55.0 Å². The molecule has 0 aliphatic heterocycles. The second-order valence-electron chi connectivity index (χ2n) is 7.75. The summed E-state index contributed by atoms with van der Waals surface area (Å²) in [6.45, 7) is 2.16. The van der Waals surface area contributed by atoms with Crippen molar-refractivity contribution in [2.75, 3.05) is 5.32 Å². The van der Waals surface area contributed by atoms with Crippen LogP contribution in [0.2, 0.25) is 0 Å². The van der Waals surface area contributed by atoms with Gasteiger partial charge in [0.15, 0.2) is 0 Å². The largest absolute Gasteiger partial charge is 0.457 e. The van der Waals surface area contributed by atoms with Crippen LogP contribution < -0.4 is 11.1 Å². The molecule has 32 heavy (non-hydrogen) atoms. The van der Waals surface area contributed by atoms with Crippen molar-refractivity contribution in [1.82, 2.24) is 0 Å². The first-order valence-corrected chi connectivity index (χ1v) is 11.7. The SMILES string of the molecule is C[C@@H]1CCc2c(sc(NC(=O)/C(C#N)=C\c3ccc(-c4ccc(Br)cc4)o3)c2C(N)=O)C1. The average Bonchev–Trinajstić information content (AvgIpc) is 3.36. The monoisotopic (exact) mass is 509 g/mol. The molecule has 0 saturated heterocycles. The molecule has 0 unspecified atom stereocenters. The van der Waals surface area contributed by atoms with E-state index in [1.165, 1.54) is 17.4 Å². The summed E-state index contributed by atoms with van der Waals surface area (Å²) in [5.41, 5.74) is 7.64. The van der Waals surface area contributed by atoms with E-state index in [4.69, 9.17) is 10.2 Å². The summed E-state index contributed by atoms with van der Waals surface area (Å²) in [6.07, 6.45) is 3.97. The highest BCUT2D eigenvalue weighted by molar-refractivity contribution is 9.10. The van der Waals surface area contributed by atoms with Gasteiger partial charge in [0, 0.05) is 21.0 Å². The fourth-order valence-electron chi connectivity index (χ4n) is 3.76. The molecule has 6 nitrogen and oxygen atoms in total. The Labute approximate surface area is 197 Å². The number of hydrogen-bond donors (Lipinski definition) is 2. The second-order valence-corrected chi connectivity index (χ2v) is 9.77. The third kappa shape index (κ3) is 4.54. The van der Waals surface area contributed by atoms with Crippen molar-refractivity contribution in [1.29, 1.82) is 5.26 Å². The normalized spacial score (nSPS) is 15.7. The maximum absolute atomic E-state index is 12.8. The zero-order chi connectivity index (χ0) is 22.8. The van der Waals surface area contributed by atoms with Crippen molar-refractivity contribution in [3.8, 4) is 17.4 Å². The van der Waals surface area contributed by atoms with Gasteiger partial charge in [0.1, 0.15) is 28.2 Å². The summed E-state index contributed by atoms with van der Waals surface area (Å²) >= 11 is 4.76. The van der Waals surface area contributed by atoms with Gasteiger partial charge >= 0.3 is 0 Å². The number of halogens is 1. The Morgan fingerprint density at radius 3 is 2.72 bits per heavy atom. The standard InChI is InChI=1S/C24H20BrN3O3S/c1-13-2-8-18-20(10-13)32-24(21(18)22(27)29)28-23(30)15(12-26)11-17-7-9-19(31-17)14-3-5-16(25)6-4-14/h3-7,9,11,13H,2,8,10H2,1H3,(H2,27,29)(H,28,30)/b15-11-/t13-/m1/s1. The Morgan fingerprint density at radius 1 is 1.28 bits per heavy atom. The Kier molecular flexibility index (Phi) is 6.31. The van der Waals surface area contributed by atoms with Gasteiger partial charge in [0.2, 0.25) is 0 Å². The second kappa shape index (κ2) is 9.15. The minimum absolute atomic E-state index is 0.128. The molecule has 3 aromatic rings. The predicted octanol–water partition coefficient (Wildman–Crippen LogP) is 5.54. The van der Waals surface area contributed by atoms with Gasteiger partial charge in [-0.3, -0.25) is 9.59 Å². The van der Waals surface area contributed by atoms with E-state index in [-0.39, 0.29) is 5.57 Å². The number of thiophene rings is 1. The topological polar surface area (TPSA) is 109 Å². The highest BCUT2D eigenvalue weighted by Crippen LogP contribution is 2.39. The van der Waals surface area contributed by atoms with E-state index in [0.717, 1.165) is 39.7 Å². The van der Waals surface area contributed by atoms with Crippen molar-refractivity contribution in [3.63, 3.8) is 0 Å². The number of nitrogens with two attached hydrogens (primary N) is 1. The fourth-order valence-corrected chi connectivity index (χ4v) is 5.44. The van der Waals surface area contributed by atoms with Crippen LogP contribution in [0.1, 0.15) is 39.9 Å². The van der Waals surface area contributed by atoms with Crippen molar-refractivity contribution >= 4 is 50.2 Å². The fraction of sp³-hybridized carbons (Fsp3) is 0.208. The Morgan fingerprint density at radius 2 is 2.03 bits per heavy atom. The molecule has 4 rings (SSSR count). The quantitative estimate of drug-likeness (QED) is 0.347. The summed E-state index contributed by atoms with van der Waals surface area (Å²) in [5.74, 6) is 0.337. The molecular weight excluding hydrogens is 490 g/mol. The van der Waals surface area contributed by atoms with E-state index in [1.54, 1.807) is 12.1 Å². The van der Waals surface area contributed by atoms with Crippen LogP contribution in [-0.4, -0.2) is 11.8 Å². The molecule has 1 atom stereocenters. The number of carbonyl (C=O) groups excluding carboxylic acids is 2. The van der Waals surface area contributed by atoms with Gasteiger partial charge in [-0.2, -0.15) is 5.26 Å². The van der Waals surface area contributed by atoms with E-state index < -0.39 is 11.8 Å². The number of furan rings is 1. The summed E-state index contributed by atoms with van der Waals surface area (Å²) < 4.78 is 6.74. The number of fused-ring (bicyclic) bond motifs is 1. The summed E-state index contributed by atoms with van der Waals surface area (Å²) in [4.78, 5) is 26.0. The van der Waals surface area contributed by atoms with Crippen molar-refractivity contribution in [2.24, 2.45) is 11.7 Å². The van der Waals surface area contributed by atoms with Crippen LogP contribution >= 0.6 is 27.3 Å². The number of primary amides is 1. The number of hydrogen-bond acceptors (Lipinski definition) is 5. The molecule has 0 radical (unpaired) electrons. The first kappa shape index (κ1) is 22.1. The Bertz CT molecular complexity index is 1260.